The molecule has 0 aromatic carbocycles. The number of nitrogens with one attached hydrogen (secondary N) is 1. The molecule has 1 aliphatic rings. The summed E-state index contributed by atoms with van der Waals surface area (Å²) in [6, 6.07) is 1.86. The summed E-state index contributed by atoms with van der Waals surface area (Å²) in [5.41, 5.74) is 9.76. The number of hydrogen-bond donors (Lipinski definition) is 2. The van der Waals surface area contributed by atoms with Crippen LogP contribution in [0.15, 0.2) is 18.5 Å². The Balaban J connectivity index is 1.48. The molecule has 3 N–H and O–H groups in total. The van der Waals surface area contributed by atoms with Gasteiger partial charge in [0.2, 0.25) is 5.95 Å². The number of aryl methyl sites for hydroxylation is 1. The SMILES string of the molecule is CCC[C@H](CF)Nc1nc(N)c2ncc(Cc3cnc(N4CCC(CN(C)C)CC4)c(C)c3)n2n1. The van der Waals surface area contributed by atoms with Crippen molar-refractivity contribution >= 4 is 23.2 Å². The summed E-state index contributed by atoms with van der Waals surface area (Å²) in [5.74, 6) is 2.41. The maximum absolute atomic E-state index is 13.3. The van der Waals surface area contributed by atoms with E-state index in [1.54, 1.807) is 10.7 Å². The smallest absolute Gasteiger partial charge is 0.243 e. The number of nitrogen functional groups attached to an aromatic ring is 1. The lowest BCUT2D eigenvalue weighted by Crippen LogP contribution is -2.37. The van der Waals surface area contributed by atoms with Gasteiger partial charge in [0.15, 0.2) is 11.5 Å². The monoisotopic (exact) mass is 483 g/mol. The highest BCUT2D eigenvalue weighted by Gasteiger charge is 2.22. The Bertz CT molecular complexity index is 1120. The Morgan fingerprint density at radius 3 is 2.66 bits per heavy atom. The van der Waals surface area contributed by atoms with Crippen LogP contribution in [0.25, 0.3) is 5.65 Å². The second kappa shape index (κ2) is 11.2. The first-order valence-corrected chi connectivity index (χ1v) is 12.6. The zero-order valence-corrected chi connectivity index (χ0v) is 21.3. The largest absolute Gasteiger partial charge is 0.380 e. The number of pyridine rings is 1. The first-order valence-electron chi connectivity index (χ1n) is 12.6. The zero-order chi connectivity index (χ0) is 24.9. The van der Waals surface area contributed by atoms with Crippen molar-refractivity contribution in [3.05, 3.63) is 35.3 Å². The van der Waals surface area contributed by atoms with Gasteiger partial charge in [-0.15, -0.1) is 5.10 Å². The Hall–Kier alpha value is -3.01. The lowest BCUT2D eigenvalue weighted by Gasteiger charge is -2.34. The molecule has 10 heteroatoms. The number of hydrogen-bond acceptors (Lipinski definition) is 8. The molecular weight excluding hydrogens is 445 g/mol. The molecular formula is C25H38FN9. The summed E-state index contributed by atoms with van der Waals surface area (Å²) >= 11 is 0. The van der Waals surface area contributed by atoms with Crippen molar-refractivity contribution in [3.8, 4) is 0 Å². The van der Waals surface area contributed by atoms with Gasteiger partial charge in [-0.2, -0.15) is 4.98 Å². The van der Waals surface area contributed by atoms with E-state index in [9.17, 15) is 4.39 Å². The Morgan fingerprint density at radius 1 is 1.23 bits per heavy atom. The molecule has 0 spiro atoms. The number of piperidine rings is 1. The van der Waals surface area contributed by atoms with Crippen LogP contribution >= 0.6 is 0 Å². The van der Waals surface area contributed by atoms with E-state index in [1.165, 1.54) is 18.4 Å². The number of anilines is 3. The van der Waals surface area contributed by atoms with E-state index >= 15 is 0 Å². The average molecular weight is 484 g/mol. The highest BCUT2D eigenvalue weighted by Crippen LogP contribution is 2.26. The highest BCUT2D eigenvalue weighted by molar-refractivity contribution is 5.61. The molecule has 0 bridgehead atoms. The molecule has 0 radical (unpaired) electrons. The Morgan fingerprint density at radius 2 is 2.00 bits per heavy atom. The van der Waals surface area contributed by atoms with E-state index in [2.05, 4.69) is 57.3 Å². The maximum atomic E-state index is 13.3. The lowest BCUT2D eigenvalue weighted by atomic mass is 9.96. The number of fused-ring (bicyclic) bond motifs is 1. The van der Waals surface area contributed by atoms with Gasteiger partial charge in [0.05, 0.1) is 17.9 Å². The predicted octanol–water partition coefficient (Wildman–Crippen LogP) is 3.33. The van der Waals surface area contributed by atoms with Crippen LogP contribution < -0.4 is 16.0 Å². The molecule has 0 aliphatic carbocycles. The van der Waals surface area contributed by atoms with Gasteiger partial charge in [0, 0.05) is 32.3 Å². The average Bonchev–Trinajstić information content (AvgIpc) is 3.22. The molecule has 4 rings (SSSR count). The van der Waals surface area contributed by atoms with Gasteiger partial charge in [-0.1, -0.05) is 19.4 Å². The Labute approximate surface area is 206 Å². The van der Waals surface area contributed by atoms with E-state index in [0.29, 0.717) is 24.4 Å². The third-order valence-corrected chi connectivity index (χ3v) is 6.65. The van der Waals surface area contributed by atoms with Gasteiger partial charge in [0.1, 0.15) is 12.5 Å². The topological polar surface area (TPSA) is 100 Å². The molecule has 0 saturated carbocycles. The van der Waals surface area contributed by atoms with E-state index < -0.39 is 6.67 Å². The first-order chi connectivity index (χ1) is 16.9. The van der Waals surface area contributed by atoms with Crippen molar-refractivity contribution in [2.45, 2.75) is 52.0 Å². The molecule has 0 unspecified atom stereocenters. The standard InChI is InChI=1S/C25H38FN9/c1-5-6-20(13-26)30-25-31-22(27)24-29-15-21(35(24)32-25)12-19-11-17(2)23(28-14-19)34-9-7-18(8-10-34)16-33(3)4/h11,14-15,18,20H,5-10,12-13,16H2,1-4H3,(H3,27,30,31,32)/t20-/m1/s1. The summed E-state index contributed by atoms with van der Waals surface area (Å²) < 4.78 is 15.0. The fourth-order valence-corrected chi connectivity index (χ4v) is 4.96. The summed E-state index contributed by atoms with van der Waals surface area (Å²) in [6.07, 6.45) is 8.27. The molecule has 1 aliphatic heterocycles. The normalized spacial score (nSPS) is 15.8. The minimum Gasteiger partial charge on any atom is -0.380 e. The third-order valence-electron chi connectivity index (χ3n) is 6.65. The van der Waals surface area contributed by atoms with E-state index in [4.69, 9.17) is 10.7 Å². The fourth-order valence-electron chi connectivity index (χ4n) is 4.96. The number of aromatic nitrogens is 5. The van der Waals surface area contributed by atoms with Gasteiger partial charge in [0.25, 0.3) is 0 Å². The van der Waals surface area contributed by atoms with Crippen molar-refractivity contribution < 1.29 is 4.39 Å². The minimum atomic E-state index is -0.490. The molecule has 1 atom stereocenters. The van der Waals surface area contributed by atoms with Gasteiger partial charge in [-0.25, -0.2) is 18.9 Å². The van der Waals surface area contributed by atoms with Crippen LogP contribution in [0.1, 0.15) is 49.4 Å². The zero-order valence-electron chi connectivity index (χ0n) is 21.3. The van der Waals surface area contributed by atoms with Crippen LogP contribution in [0.4, 0.5) is 22.0 Å². The number of imidazole rings is 1. The highest BCUT2D eigenvalue weighted by atomic mass is 19.1. The first kappa shape index (κ1) is 25.1. The van der Waals surface area contributed by atoms with Crippen molar-refractivity contribution in [1.29, 1.82) is 0 Å². The van der Waals surface area contributed by atoms with Gasteiger partial charge in [-0.05, 0) is 57.3 Å². The van der Waals surface area contributed by atoms with Gasteiger partial charge in [-0.3, -0.25) is 0 Å². The van der Waals surface area contributed by atoms with Crippen LogP contribution in [0.5, 0.6) is 0 Å². The summed E-state index contributed by atoms with van der Waals surface area (Å²) in [6.45, 7) is 6.89. The quantitative estimate of drug-likeness (QED) is 0.453. The second-order valence-electron chi connectivity index (χ2n) is 9.94. The molecule has 3 aromatic heterocycles. The van der Waals surface area contributed by atoms with Crippen LogP contribution in [-0.4, -0.2) is 75.9 Å². The molecule has 9 nitrogen and oxygen atoms in total. The van der Waals surface area contributed by atoms with Crippen molar-refractivity contribution in [3.63, 3.8) is 0 Å². The summed E-state index contributed by atoms with van der Waals surface area (Å²) in [4.78, 5) is 18.2. The third kappa shape index (κ3) is 5.98. The molecule has 190 valence electrons. The van der Waals surface area contributed by atoms with Crippen LogP contribution in [-0.2, 0) is 6.42 Å². The summed E-state index contributed by atoms with van der Waals surface area (Å²) in [7, 11) is 4.29. The number of nitrogens with zero attached hydrogens (tertiary/aromatic N) is 7. The van der Waals surface area contributed by atoms with Gasteiger partial charge < -0.3 is 20.9 Å². The van der Waals surface area contributed by atoms with Crippen LogP contribution in [0, 0.1) is 12.8 Å². The van der Waals surface area contributed by atoms with Crippen molar-refractivity contribution in [2.24, 2.45) is 5.92 Å². The fraction of sp³-hybridized carbons (Fsp3) is 0.600. The van der Waals surface area contributed by atoms with E-state index in [0.717, 1.165) is 49.0 Å². The molecule has 4 heterocycles. The van der Waals surface area contributed by atoms with Gasteiger partial charge >= 0.3 is 0 Å². The van der Waals surface area contributed by atoms with E-state index in [-0.39, 0.29) is 11.9 Å². The molecule has 1 fully saturated rings. The second-order valence-corrected chi connectivity index (χ2v) is 9.94. The number of rotatable bonds is 10. The van der Waals surface area contributed by atoms with Crippen LogP contribution in [0.2, 0.25) is 0 Å². The van der Waals surface area contributed by atoms with E-state index in [1.807, 2.05) is 13.1 Å². The van der Waals surface area contributed by atoms with Crippen LogP contribution in [0.3, 0.4) is 0 Å². The summed E-state index contributed by atoms with van der Waals surface area (Å²) in [5, 5.41) is 7.62. The minimum absolute atomic E-state index is 0.269. The molecule has 0 amide bonds. The number of nitrogens with two attached hydrogens (primary N) is 1. The molecule has 35 heavy (non-hydrogen) atoms. The predicted molar refractivity (Wildman–Crippen MR) is 139 cm³/mol. The number of alkyl halides is 1. The van der Waals surface area contributed by atoms with Crippen molar-refractivity contribution in [1.82, 2.24) is 29.5 Å². The van der Waals surface area contributed by atoms with Crippen molar-refractivity contribution in [2.75, 3.05) is 56.4 Å². The molecule has 1 saturated heterocycles. The molecule has 3 aromatic rings. The maximum Gasteiger partial charge on any atom is 0.243 e. The Kier molecular flexibility index (Phi) is 8.00. The lowest BCUT2D eigenvalue weighted by molar-refractivity contribution is 0.284. The number of halogens is 1.